The van der Waals surface area contributed by atoms with Gasteiger partial charge in [0.2, 0.25) is 5.90 Å². The highest BCUT2D eigenvalue weighted by atomic mass is 16.5. The monoisotopic (exact) mass is 176 g/mol. The molecule has 0 unspecified atom stereocenters. The highest BCUT2D eigenvalue weighted by Crippen LogP contribution is 2.20. The molecule has 0 aromatic heterocycles. The van der Waals surface area contributed by atoms with Crippen molar-refractivity contribution in [2.45, 2.75) is 19.4 Å². The first-order valence-electron chi connectivity index (χ1n) is 4.86. The summed E-state index contributed by atoms with van der Waals surface area (Å²) < 4.78 is 13.0. The van der Waals surface area contributed by atoms with Gasteiger partial charge in [0, 0.05) is 5.56 Å². The van der Waals surface area contributed by atoms with Crippen LogP contribution >= 0.6 is 0 Å². The number of nitrogens with zero attached hydrogens (tertiary/aromatic N) is 1. The van der Waals surface area contributed by atoms with Crippen LogP contribution in [0.4, 0.5) is 0 Å². The van der Waals surface area contributed by atoms with Crippen LogP contribution in [0.15, 0.2) is 35.3 Å². The van der Waals surface area contributed by atoms with E-state index in [2.05, 4.69) is 4.99 Å². The molecule has 0 fully saturated rings. The molecular formula is C11H13NO. The minimum atomic E-state index is -0.132. The third kappa shape index (κ3) is 1.72. The Morgan fingerprint density at radius 1 is 1.46 bits per heavy atom. The maximum absolute atomic E-state index is 7.49. The molecule has 0 saturated heterocycles. The molecule has 0 radical (unpaired) electrons. The number of aliphatic imine (C=N–C) groups is 1. The maximum Gasteiger partial charge on any atom is 0.216 e. The summed E-state index contributed by atoms with van der Waals surface area (Å²) >= 11 is 0. The Kier molecular flexibility index (Phi) is 1.58. The van der Waals surface area contributed by atoms with Crippen molar-refractivity contribution in [3.8, 4) is 0 Å². The van der Waals surface area contributed by atoms with Gasteiger partial charge in [-0.1, -0.05) is 18.2 Å². The van der Waals surface area contributed by atoms with Crippen molar-refractivity contribution in [1.82, 2.24) is 0 Å². The third-order valence-corrected chi connectivity index (χ3v) is 1.92. The van der Waals surface area contributed by atoms with Crippen LogP contribution in [0.25, 0.3) is 0 Å². The second kappa shape index (κ2) is 2.87. The molecule has 2 nitrogen and oxygen atoms in total. The molecule has 0 spiro atoms. The van der Waals surface area contributed by atoms with E-state index in [0.29, 0.717) is 18.5 Å². The van der Waals surface area contributed by atoms with Gasteiger partial charge < -0.3 is 4.74 Å². The summed E-state index contributed by atoms with van der Waals surface area (Å²) in [5.74, 6) is 0.657. The lowest BCUT2D eigenvalue weighted by Crippen LogP contribution is -2.17. The molecule has 0 amide bonds. The van der Waals surface area contributed by atoms with Crippen LogP contribution in [0.3, 0.4) is 0 Å². The average molecular weight is 176 g/mol. The molecule has 68 valence electrons. The predicted octanol–water partition coefficient (Wildman–Crippen LogP) is 2.24. The third-order valence-electron chi connectivity index (χ3n) is 1.92. The van der Waals surface area contributed by atoms with E-state index in [9.17, 15) is 0 Å². The highest BCUT2D eigenvalue weighted by molar-refractivity contribution is 5.95. The Bertz CT molecular complexity index is 385. The maximum atomic E-state index is 7.49. The van der Waals surface area contributed by atoms with Gasteiger partial charge in [-0.2, -0.15) is 0 Å². The minimum absolute atomic E-state index is 0.132. The predicted molar refractivity (Wildman–Crippen MR) is 53.0 cm³/mol. The molecule has 1 aliphatic heterocycles. The van der Waals surface area contributed by atoms with Crippen LogP contribution in [0, 0.1) is 0 Å². The molecule has 1 aromatic rings. The Balaban J connectivity index is 2.33. The molecule has 2 rings (SSSR count). The molecule has 0 N–H and O–H groups in total. The van der Waals surface area contributed by atoms with Crippen LogP contribution in [0.2, 0.25) is 0 Å². The van der Waals surface area contributed by atoms with Crippen LogP contribution in [-0.2, 0) is 4.74 Å². The van der Waals surface area contributed by atoms with Gasteiger partial charge in [0.05, 0.1) is 6.91 Å². The molecule has 0 saturated carbocycles. The zero-order chi connectivity index (χ0) is 10.2. The van der Waals surface area contributed by atoms with Gasteiger partial charge in [0.25, 0.3) is 0 Å². The lowest BCUT2D eigenvalue weighted by atomic mass is 10.1. The molecule has 0 atom stereocenters. The summed E-state index contributed by atoms with van der Waals surface area (Å²) in [5.41, 5.74) is 0.760. The largest absolute Gasteiger partial charge is 0.475 e. The van der Waals surface area contributed by atoms with E-state index in [4.69, 9.17) is 6.11 Å². The van der Waals surface area contributed by atoms with Crippen molar-refractivity contribution in [2.24, 2.45) is 4.99 Å². The van der Waals surface area contributed by atoms with E-state index >= 15 is 0 Å². The molecule has 1 heterocycles. The van der Waals surface area contributed by atoms with E-state index < -0.39 is 0 Å². The quantitative estimate of drug-likeness (QED) is 0.643. The van der Waals surface area contributed by atoms with Crippen molar-refractivity contribution in [3.05, 3.63) is 35.9 Å². The zero-order valence-corrected chi connectivity index (χ0v) is 7.87. The van der Waals surface area contributed by atoms with Gasteiger partial charge in [-0.15, -0.1) is 0 Å². The summed E-state index contributed by atoms with van der Waals surface area (Å²) in [6.07, 6.45) is 0. The van der Waals surface area contributed by atoms with E-state index in [1.807, 2.05) is 26.0 Å². The average Bonchev–Trinajstić information content (AvgIpc) is 2.46. The van der Waals surface area contributed by atoms with Crippen molar-refractivity contribution in [3.63, 3.8) is 0 Å². The Morgan fingerprint density at radius 3 is 2.92 bits per heavy atom. The fourth-order valence-electron chi connectivity index (χ4n) is 1.26. The first-order valence-corrected chi connectivity index (χ1v) is 4.36. The fourth-order valence-corrected chi connectivity index (χ4v) is 1.26. The van der Waals surface area contributed by atoms with Crippen LogP contribution in [0.5, 0.6) is 0 Å². The zero-order valence-electron chi connectivity index (χ0n) is 8.87. The number of ether oxygens (including phenoxy) is 1. The number of hydrogen-bond donors (Lipinski definition) is 0. The Morgan fingerprint density at radius 2 is 2.31 bits per heavy atom. The van der Waals surface area contributed by atoms with Crippen molar-refractivity contribution < 1.29 is 6.11 Å². The summed E-state index contributed by atoms with van der Waals surface area (Å²) in [6, 6.07) is 7.75. The normalized spacial score (nSPS) is 20.5. The Labute approximate surface area is 79.7 Å². The van der Waals surface area contributed by atoms with E-state index in [0.717, 1.165) is 5.56 Å². The first-order chi connectivity index (χ1) is 6.57. The lowest BCUT2D eigenvalue weighted by molar-refractivity contribution is 0.279. The number of hydrogen-bond acceptors (Lipinski definition) is 2. The molecule has 0 aliphatic carbocycles. The van der Waals surface area contributed by atoms with E-state index in [1.165, 1.54) is 0 Å². The SMILES string of the molecule is [2H]c1cccc(C2=NC(C)(C)CO2)c1. The van der Waals surface area contributed by atoms with E-state index in [-0.39, 0.29) is 5.54 Å². The summed E-state index contributed by atoms with van der Waals surface area (Å²) in [7, 11) is 0. The molecule has 13 heavy (non-hydrogen) atoms. The van der Waals surface area contributed by atoms with Gasteiger partial charge in [-0.3, -0.25) is 0 Å². The van der Waals surface area contributed by atoms with Gasteiger partial charge in [-0.05, 0) is 26.0 Å². The summed E-state index contributed by atoms with van der Waals surface area (Å²) in [4.78, 5) is 4.44. The summed E-state index contributed by atoms with van der Waals surface area (Å²) in [5, 5.41) is 0. The van der Waals surface area contributed by atoms with Crippen LogP contribution in [-0.4, -0.2) is 18.0 Å². The number of rotatable bonds is 1. The topological polar surface area (TPSA) is 21.6 Å². The second-order valence-electron chi connectivity index (χ2n) is 3.81. The van der Waals surface area contributed by atoms with Gasteiger partial charge in [0.1, 0.15) is 6.61 Å². The van der Waals surface area contributed by atoms with E-state index in [1.54, 1.807) is 12.1 Å². The van der Waals surface area contributed by atoms with Crippen LogP contribution in [0.1, 0.15) is 20.8 Å². The molecule has 1 aliphatic rings. The van der Waals surface area contributed by atoms with Crippen molar-refractivity contribution >= 4 is 5.90 Å². The first kappa shape index (κ1) is 7.13. The highest BCUT2D eigenvalue weighted by Gasteiger charge is 2.26. The molecule has 2 heteroatoms. The number of benzene rings is 1. The molecule has 0 bridgehead atoms. The van der Waals surface area contributed by atoms with Crippen LogP contribution < -0.4 is 0 Å². The summed E-state index contributed by atoms with van der Waals surface area (Å²) in [6.45, 7) is 4.68. The lowest BCUT2D eigenvalue weighted by Gasteiger charge is -2.07. The van der Waals surface area contributed by atoms with Gasteiger partial charge >= 0.3 is 0 Å². The van der Waals surface area contributed by atoms with Gasteiger partial charge in [0.15, 0.2) is 0 Å². The van der Waals surface area contributed by atoms with Gasteiger partial charge in [-0.25, -0.2) is 4.99 Å². The second-order valence-corrected chi connectivity index (χ2v) is 3.81. The minimum Gasteiger partial charge on any atom is -0.475 e. The smallest absolute Gasteiger partial charge is 0.216 e. The standard InChI is InChI=1S/C11H13NO/c1-11(2)8-13-10(12-11)9-6-4-3-5-7-9/h3-7H,8H2,1-2H3/i4D. The molecular weight excluding hydrogens is 162 g/mol. The van der Waals surface area contributed by atoms with Crippen molar-refractivity contribution in [1.29, 1.82) is 0 Å². The molecule has 1 aromatic carbocycles. The Hall–Kier alpha value is -1.31. The fraction of sp³-hybridized carbons (Fsp3) is 0.364. The van der Waals surface area contributed by atoms with Crippen molar-refractivity contribution in [2.75, 3.05) is 6.61 Å².